The molecule has 0 fully saturated rings. The summed E-state index contributed by atoms with van der Waals surface area (Å²) in [5.41, 5.74) is 0.900. The second-order valence-electron chi connectivity index (χ2n) is 4.20. The minimum Gasteiger partial charge on any atom is -0.379 e. The fourth-order valence-electron chi connectivity index (χ4n) is 1.40. The van der Waals surface area contributed by atoms with Crippen molar-refractivity contribution in [3.8, 4) is 0 Å². The molecule has 1 aromatic carbocycles. The van der Waals surface area contributed by atoms with E-state index in [4.69, 9.17) is 16.3 Å². The van der Waals surface area contributed by atoms with Crippen molar-refractivity contribution in [3.05, 3.63) is 34.6 Å². The third-order valence-electron chi connectivity index (χ3n) is 2.26. The average molecular weight is 260 g/mol. The maximum absolute atomic E-state index is 13.1. The van der Waals surface area contributed by atoms with Gasteiger partial charge in [0.1, 0.15) is 5.82 Å². The first-order valence-electron chi connectivity index (χ1n) is 5.86. The monoisotopic (exact) mass is 259 g/mol. The van der Waals surface area contributed by atoms with E-state index >= 15 is 0 Å². The molecule has 0 spiro atoms. The molecule has 1 rings (SSSR count). The van der Waals surface area contributed by atoms with Gasteiger partial charge in [0.15, 0.2) is 0 Å². The van der Waals surface area contributed by atoms with Crippen LogP contribution in [0, 0.1) is 5.82 Å². The van der Waals surface area contributed by atoms with Crippen molar-refractivity contribution in [2.75, 3.05) is 13.2 Å². The number of halogens is 2. The summed E-state index contributed by atoms with van der Waals surface area (Å²) < 4.78 is 18.5. The van der Waals surface area contributed by atoms with Crippen LogP contribution in [-0.4, -0.2) is 19.3 Å². The van der Waals surface area contributed by atoms with Gasteiger partial charge in [-0.25, -0.2) is 4.39 Å². The average Bonchev–Trinajstić information content (AvgIpc) is 2.27. The molecule has 0 aromatic heterocycles. The zero-order valence-electron chi connectivity index (χ0n) is 10.3. The fourth-order valence-corrected chi connectivity index (χ4v) is 1.52. The Morgan fingerprint density at radius 3 is 2.82 bits per heavy atom. The Hall–Kier alpha value is -0.640. The van der Waals surface area contributed by atoms with Gasteiger partial charge in [-0.1, -0.05) is 17.7 Å². The summed E-state index contributed by atoms with van der Waals surface area (Å²) in [6.07, 6.45) is 1.23. The van der Waals surface area contributed by atoms with Gasteiger partial charge in [0, 0.05) is 13.2 Å². The van der Waals surface area contributed by atoms with Crippen molar-refractivity contribution >= 4 is 11.6 Å². The fraction of sp³-hybridized carbons (Fsp3) is 0.538. The first kappa shape index (κ1) is 14.4. The lowest BCUT2D eigenvalue weighted by Crippen LogP contribution is -2.17. The van der Waals surface area contributed by atoms with Crippen LogP contribution in [0.3, 0.4) is 0 Å². The topological polar surface area (TPSA) is 21.3 Å². The van der Waals surface area contributed by atoms with Gasteiger partial charge >= 0.3 is 0 Å². The van der Waals surface area contributed by atoms with Crippen molar-refractivity contribution in [2.45, 2.75) is 32.9 Å². The SMILES string of the molecule is CC(C)OCCCNCc1ccc(Cl)c(F)c1. The molecule has 2 nitrogen and oxygen atoms in total. The maximum atomic E-state index is 13.1. The summed E-state index contributed by atoms with van der Waals surface area (Å²) in [6, 6.07) is 4.86. The summed E-state index contributed by atoms with van der Waals surface area (Å²) in [5.74, 6) is -0.367. The third-order valence-corrected chi connectivity index (χ3v) is 2.57. The lowest BCUT2D eigenvalue weighted by molar-refractivity contribution is 0.0770. The van der Waals surface area contributed by atoms with Crippen molar-refractivity contribution in [3.63, 3.8) is 0 Å². The predicted octanol–water partition coefficient (Wildman–Crippen LogP) is 3.38. The molecule has 0 unspecified atom stereocenters. The summed E-state index contributed by atoms with van der Waals surface area (Å²) in [4.78, 5) is 0. The van der Waals surface area contributed by atoms with Crippen molar-refractivity contribution in [1.82, 2.24) is 5.32 Å². The van der Waals surface area contributed by atoms with Crippen LogP contribution in [0.2, 0.25) is 5.02 Å². The first-order valence-corrected chi connectivity index (χ1v) is 6.23. The van der Waals surface area contributed by atoms with Crippen LogP contribution in [0.1, 0.15) is 25.8 Å². The van der Waals surface area contributed by atoms with E-state index in [9.17, 15) is 4.39 Å². The van der Waals surface area contributed by atoms with Crippen LogP contribution >= 0.6 is 11.6 Å². The molecular weight excluding hydrogens is 241 g/mol. The zero-order chi connectivity index (χ0) is 12.7. The van der Waals surface area contributed by atoms with Crippen LogP contribution in [-0.2, 0) is 11.3 Å². The van der Waals surface area contributed by atoms with E-state index in [1.165, 1.54) is 6.07 Å². The lowest BCUT2D eigenvalue weighted by atomic mass is 10.2. The minimum absolute atomic E-state index is 0.166. The lowest BCUT2D eigenvalue weighted by Gasteiger charge is -2.08. The van der Waals surface area contributed by atoms with Crippen LogP contribution < -0.4 is 5.32 Å². The molecule has 0 saturated heterocycles. The Morgan fingerprint density at radius 1 is 1.41 bits per heavy atom. The van der Waals surface area contributed by atoms with Gasteiger partial charge in [-0.05, 0) is 44.5 Å². The quantitative estimate of drug-likeness (QED) is 0.758. The van der Waals surface area contributed by atoms with E-state index in [0.717, 1.165) is 25.1 Å². The van der Waals surface area contributed by atoms with Crippen LogP contribution in [0.5, 0.6) is 0 Å². The Balaban J connectivity index is 2.16. The van der Waals surface area contributed by atoms with Crippen molar-refractivity contribution in [2.24, 2.45) is 0 Å². The van der Waals surface area contributed by atoms with Crippen molar-refractivity contribution in [1.29, 1.82) is 0 Å². The second kappa shape index (κ2) is 7.64. The highest BCUT2D eigenvalue weighted by Gasteiger charge is 2.00. The Labute approximate surface area is 107 Å². The van der Waals surface area contributed by atoms with Gasteiger partial charge in [-0.3, -0.25) is 0 Å². The zero-order valence-corrected chi connectivity index (χ0v) is 11.1. The van der Waals surface area contributed by atoms with E-state index in [0.29, 0.717) is 6.54 Å². The standard InChI is InChI=1S/C13H19ClFNO/c1-10(2)17-7-3-6-16-9-11-4-5-12(14)13(15)8-11/h4-5,8,10,16H,3,6-7,9H2,1-2H3. The van der Waals surface area contributed by atoms with Gasteiger partial charge < -0.3 is 10.1 Å². The smallest absolute Gasteiger partial charge is 0.142 e. The maximum Gasteiger partial charge on any atom is 0.142 e. The largest absolute Gasteiger partial charge is 0.379 e. The van der Waals surface area contributed by atoms with Gasteiger partial charge in [0.2, 0.25) is 0 Å². The normalized spacial score (nSPS) is 11.1. The van der Waals surface area contributed by atoms with Crippen molar-refractivity contribution < 1.29 is 9.13 Å². The molecule has 0 saturated carbocycles. The van der Waals surface area contributed by atoms with Gasteiger partial charge in [0.25, 0.3) is 0 Å². The molecule has 0 aliphatic heterocycles. The predicted molar refractivity (Wildman–Crippen MR) is 68.8 cm³/mol. The molecule has 0 heterocycles. The van der Waals surface area contributed by atoms with Gasteiger partial charge in [-0.15, -0.1) is 0 Å². The molecule has 0 aliphatic carbocycles. The van der Waals surface area contributed by atoms with Gasteiger partial charge in [-0.2, -0.15) is 0 Å². The molecule has 0 bridgehead atoms. The number of hydrogen-bond acceptors (Lipinski definition) is 2. The first-order chi connectivity index (χ1) is 8.09. The minimum atomic E-state index is -0.367. The number of nitrogens with one attached hydrogen (secondary N) is 1. The van der Waals surface area contributed by atoms with E-state index < -0.39 is 0 Å². The highest BCUT2D eigenvalue weighted by molar-refractivity contribution is 6.30. The summed E-state index contributed by atoms with van der Waals surface area (Å²) in [5, 5.41) is 3.40. The van der Waals surface area contributed by atoms with E-state index in [-0.39, 0.29) is 16.9 Å². The molecule has 0 atom stereocenters. The number of rotatable bonds is 7. The third kappa shape index (κ3) is 6.01. The van der Waals surface area contributed by atoms with Crippen LogP contribution in [0.4, 0.5) is 4.39 Å². The summed E-state index contributed by atoms with van der Waals surface area (Å²) in [6.45, 7) is 6.29. The second-order valence-corrected chi connectivity index (χ2v) is 4.61. The number of ether oxygens (including phenoxy) is 1. The molecule has 0 aliphatic rings. The van der Waals surface area contributed by atoms with E-state index in [1.807, 2.05) is 19.9 Å². The summed E-state index contributed by atoms with van der Waals surface area (Å²) >= 11 is 5.60. The van der Waals surface area contributed by atoms with Crippen LogP contribution in [0.15, 0.2) is 18.2 Å². The number of benzene rings is 1. The Bertz CT molecular complexity index is 344. The Morgan fingerprint density at radius 2 is 2.18 bits per heavy atom. The van der Waals surface area contributed by atoms with Gasteiger partial charge in [0.05, 0.1) is 11.1 Å². The highest BCUT2D eigenvalue weighted by Crippen LogP contribution is 2.15. The van der Waals surface area contributed by atoms with E-state index in [1.54, 1.807) is 6.07 Å². The molecule has 0 amide bonds. The van der Waals surface area contributed by atoms with E-state index in [2.05, 4.69) is 5.32 Å². The van der Waals surface area contributed by atoms with Crippen LogP contribution in [0.25, 0.3) is 0 Å². The molecule has 1 aromatic rings. The molecule has 4 heteroatoms. The Kier molecular flexibility index (Phi) is 6.48. The number of hydrogen-bond donors (Lipinski definition) is 1. The molecule has 96 valence electrons. The molecule has 1 N–H and O–H groups in total. The highest BCUT2D eigenvalue weighted by atomic mass is 35.5. The molecule has 17 heavy (non-hydrogen) atoms. The summed E-state index contributed by atoms with van der Waals surface area (Å²) in [7, 11) is 0. The molecular formula is C13H19ClFNO. The molecule has 0 radical (unpaired) electrons.